The van der Waals surface area contributed by atoms with Gasteiger partial charge >= 0.3 is 0 Å². The number of carbonyl (C=O) groups is 1. The van der Waals surface area contributed by atoms with Gasteiger partial charge in [0.25, 0.3) is 5.91 Å². The summed E-state index contributed by atoms with van der Waals surface area (Å²) in [5.74, 6) is 2.37. The van der Waals surface area contributed by atoms with E-state index >= 15 is 0 Å². The number of amidine groups is 1. The van der Waals surface area contributed by atoms with Crippen LogP contribution in [0.3, 0.4) is 0 Å². The number of hydrogen-bond donors (Lipinski definition) is 4. The van der Waals surface area contributed by atoms with Crippen LogP contribution >= 0.6 is 0 Å². The van der Waals surface area contributed by atoms with E-state index in [0.29, 0.717) is 37.3 Å². The number of carbonyl (C=O) groups excluding carboxylic acids is 1. The maximum atomic E-state index is 13.0. The van der Waals surface area contributed by atoms with Crippen molar-refractivity contribution in [2.45, 2.75) is 32.7 Å². The standard InChI is InChI=1S/C30H31N7O2/c1-18(31)37-14-12-23-25(17-37)34-28(33-23)16-29-35-24-9-7-20(15-26(24)36(29)2)30(39)32-13-11-22-21-6-4-3-5-19(21)8-10-27(22)38/h3-10,15,31,38H,11-14,16-17H2,1-2H3,(H,32,39)(H,33,34). The van der Waals surface area contributed by atoms with Crippen molar-refractivity contribution in [1.29, 1.82) is 5.41 Å². The number of nitrogens with zero attached hydrogens (tertiary/aromatic N) is 4. The SMILES string of the molecule is CC(=N)N1CCc2nc(Cc3nc4ccc(C(=O)NCCc5c(O)ccc6ccccc56)cc4n3C)[nH]c2C1. The highest BCUT2D eigenvalue weighted by Gasteiger charge is 2.21. The maximum Gasteiger partial charge on any atom is 0.251 e. The first kappa shape index (κ1) is 24.7. The molecule has 0 saturated carbocycles. The van der Waals surface area contributed by atoms with Gasteiger partial charge in [0.2, 0.25) is 0 Å². The molecule has 5 aromatic rings. The van der Waals surface area contributed by atoms with E-state index in [2.05, 4.69) is 10.3 Å². The third-order valence-corrected chi connectivity index (χ3v) is 7.59. The number of amides is 1. The van der Waals surface area contributed by atoms with Gasteiger partial charge in [-0.1, -0.05) is 30.3 Å². The number of phenols is 1. The van der Waals surface area contributed by atoms with E-state index in [-0.39, 0.29) is 11.7 Å². The smallest absolute Gasteiger partial charge is 0.251 e. The largest absolute Gasteiger partial charge is 0.508 e. The lowest BCUT2D eigenvalue weighted by Gasteiger charge is -2.26. The summed E-state index contributed by atoms with van der Waals surface area (Å²) in [5, 5.41) is 23.4. The molecule has 198 valence electrons. The second-order valence-corrected chi connectivity index (χ2v) is 10.1. The van der Waals surface area contributed by atoms with Gasteiger partial charge in [-0.2, -0.15) is 0 Å². The van der Waals surface area contributed by atoms with Crippen LogP contribution in [0.4, 0.5) is 0 Å². The molecule has 6 rings (SSSR count). The molecule has 0 bridgehead atoms. The molecule has 3 heterocycles. The van der Waals surface area contributed by atoms with E-state index in [1.165, 1.54) is 0 Å². The molecule has 0 unspecified atom stereocenters. The number of aryl methyl sites for hydroxylation is 1. The fourth-order valence-corrected chi connectivity index (χ4v) is 5.40. The third-order valence-electron chi connectivity index (χ3n) is 7.59. The number of aromatic nitrogens is 4. The normalized spacial score (nSPS) is 13.1. The quantitative estimate of drug-likeness (QED) is 0.198. The average molecular weight is 522 g/mol. The van der Waals surface area contributed by atoms with E-state index in [1.807, 2.05) is 65.9 Å². The highest BCUT2D eigenvalue weighted by molar-refractivity contribution is 5.97. The van der Waals surface area contributed by atoms with Gasteiger partial charge in [0, 0.05) is 37.7 Å². The predicted molar refractivity (Wildman–Crippen MR) is 151 cm³/mol. The summed E-state index contributed by atoms with van der Waals surface area (Å²) < 4.78 is 2.01. The molecule has 0 spiro atoms. The zero-order valence-electron chi connectivity index (χ0n) is 22.1. The summed E-state index contributed by atoms with van der Waals surface area (Å²) in [6.07, 6.45) is 1.91. The molecule has 0 atom stereocenters. The molecule has 1 aliphatic heterocycles. The Morgan fingerprint density at radius 1 is 1.15 bits per heavy atom. The lowest BCUT2D eigenvalue weighted by atomic mass is 10.0. The van der Waals surface area contributed by atoms with Gasteiger partial charge < -0.3 is 24.9 Å². The predicted octanol–water partition coefficient (Wildman–Crippen LogP) is 4.07. The van der Waals surface area contributed by atoms with Gasteiger partial charge in [-0.3, -0.25) is 10.2 Å². The van der Waals surface area contributed by atoms with E-state index in [1.54, 1.807) is 12.1 Å². The number of rotatable bonds is 6. The molecule has 2 aromatic heterocycles. The monoisotopic (exact) mass is 521 g/mol. The van der Waals surface area contributed by atoms with Gasteiger partial charge in [-0.15, -0.1) is 0 Å². The minimum Gasteiger partial charge on any atom is -0.508 e. The van der Waals surface area contributed by atoms with Crippen LogP contribution in [0.5, 0.6) is 5.75 Å². The van der Waals surface area contributed by atoms with Crippen LogP contribution in [0.2, 0.25) is 0 Å². The Labute approximate surface area is 226 Å². The highest BCUT2D eigenvalue weighted by atomic mass is 16.3. The van der Waals surface area contributed by atoms with Crippen LogP contribution in [0.25, 0.3) is 21.8 Å². The topological polar surface area (TPSA) is 123 Å². The van der Waals surface area contributed by atoms with Crippen LogP contribution in [-0.4, -0.2) is 54.4 Å². The number of H-pyrrole nitrogens is 1. The van der Waals surface area contributed by atoms with E-state index < -0.39 is 0 Å². The first-order chi connectivity index (χ1) is 18.9. The Morgan fingerprint density at radius 2 is 2.00 bits per heavy atom. The van der Waals surface area contributed by atoms with Gasteiger partial charge in [-0.05, 0) is 48.4 Å². The Morgan fingerprint density at radius 3 is 2.85 bits per heavy atom. The van der Waals surface area contributed by atoms with Gasteiger partial charge in [0.15, 0.2) is 0 Å². The van der Waals surface area contributed by atoms with Crippen LogP contribution in [0, 0.1) is 5.41 Å². The second kappa shape index (κ2) is 9.90. The molecule has 39 heavy (non-hydrogen) atoms. The van der Waals surface area contributed by atoms with Crippen molar-refractivity contribution in [2.75, 3.05) is 13.1 Å². The van der Waals surface area contributed by atoms with Crippen molar-refractivity contribution < 1.29 is 9.90 Å². The molecule has 0 fully saturated rings. The minimum absolute atomic E-state index is 0.163. The molecule has 9 nitrogen and oxygen atoms in total. The molecule has 0 saturated heterocycles. The van der Waals surface area contributed by atoms with Crippen LogP contribution in [-0.2, 0) is 32.9 Å². The first-order valence-electron chi connectivity index (χ1n) is 13.2. The Kier molecular flexibility index (Phi) is 6.26. The third kappa shape index (κ3) is 4.71. The fraction of sp³-hybridized carbons (Fsp3) is 0.267. The molecule has 3 aromatic carbocycles. The number of nitrogens with one attached hydrogen (secondary N) is 3. The first-order valence-corrected chi connectivity index (χ1v) is 13.2. The highest BCUT2D eigenvalue weighted by Crippen LogP contribution is 2.27. The summed E-state index contributed by atoms with van der Waals surface area (Å²) >= 11 is 0. The van der Waals surface area contributed by atoms with Crippen LogP contribution in [0.1, 0.15) is 45.9 Å². The fourth-order valence-electron chi connectivity index (χ4n) is 5.40. The Balaban J connectivity index is 1.15. The number of aromatic hydroxyl groups is 1. The molecule has 1 amide bonds. The summed E-state index contributed by atoms with van der Waals surface area (Å²) in [7, 11) is 1.96. The zero-order chi connectivity index (χ0) is 27.1. The van der Waals surface area contributed by atoms with Crippen molar-refractivity contribution in [3.8, 4) is 5.75 Å². The molecule has 0 aliphatic carbocycles. The molecule has 4 N–H and O–H groups in total. The van der Waals surface area contributed by atoms with Crippen LogP contribution in [0.15, 0.2) is 54.6 Å². The molecular weight excluding hydrogens is 490 g/mol. The number of fused-ring (bicyclic) bond motifs is 3. The van der Waals surface area contributed by atoms with Gasteiger partial charge in [-0.25, -0.2) is 9.97 Å². The Hall–Kier alpha value is -4.66. The Bertz CT molecular complexity index is 1730. The minimum atomic E-state index is -0.163. The zero-order valence-corrected chi connectivity index (χ0v) is 22.1. The van der Waals surface area contributed by atoms with Crippen molar-refractivity contribution in [1.82, 2.24) is 29.7 Å². The van der Waals surface area contributed by atoms with Crippen molar-refractivity contribution in [2.24, 2.45) is 7.05 Å². The van der Waals surface area contributed by atoms with Gasteiger partial charge in [0.05, 0.1) is 41.2 Å². The molecule has 9 heteroatoms. The second-order valence-electron chi connectivity index (χ2n) is 10.1. The van der Waals surface area contributed by atoms with E-state index in [4.69, 9.17) is 15.4 Å². The number of phenolic OH excluding ortho intramolecular Hbond substituents is 1. The summed E-state index contributed by atoms with van der Waals surface area (Å²) in [5.41, 5.74) is 5.24. The molecule has 1 aliphatic rings. The number of hydrogen-bond acceptors (Lipinski definition) is 5. The molecular formula is C30H31N7O2. The van der Waals surface area contributed by atoms with E-state index in [9.17, 15) is 9.90 Å². The van der Waals surface area contributed by atoms with Gasteiger partial charge in [0.1, 0.15) is 17.4 Å². The summed E-state index contributed by atoms with van der Waals surface area (Å²) in [6.45, 7) is 3.71. The number of benzene rings is 3. The summed E-state index contributed by atoms with van der Waals surface area (Å²) in [4.78, 5) is 28.0. The molecule has 0 radical (unpaired) electrons. The summed E-state index contributed by atoms with van der Waals surface area (Å²) in [6, 6.07) is 17.1. The van der Waals surface area contributed by atoms with E-state index in [0.717, 1.165) is 63.4 Å². The van der Waals surface area contributed by atoms with Crippen LogP contribution < -0.4 is 5.32 Å². The lowest BCUT2D eigenvalue weighted by molar-refractivity contribution is 0.0954. The lowest BCUT2D eigenvalue weighted by Crippen LogP contribution is -2.33. The number of imidazole rings is 2. The maximum absolute atomic E-state index is 13.0. The van der Waals surface area contributed by atoms with Crippen molar-refractivity contribution in [3.63, 3.8) is 0 Å². The average Bonchev–Trinajstić information content (AvgIpc) is 3.48. The van der Waals surface area contributed by atoms with Crippen molar-refractivity contribution in [3.05, 3.63) is 88.8 Å². The number of aromatic amines is 1. The van der Waals surface area contributed by atoms with Crippen molar-refractivity contribution >= 4 is 33.5 Å².